The summed E-state index contributed by atoms with van der Waals surface area (Å²) in [5.74, 6) is 5.11. The first kappa shape index (κ1) is 89.1. The largest absolute Gasteiger partial charge is 0.497 e. The van der Waals surface area contributed by atoms with Crippen LogP contribution in [0.25, 0.3) is 85.0 Å². The Labute approximate surface area is 729 Å². The van der Waals surface area contributed by atoms with E-state index in [1.54, 1.807) is 74.9 Å². The average molecular weight is 2030 g/mol. The van der Waals surface area contributed by atoms with Crippen LogP contribution in [0.15, 0.2) is 213 Å². The van der Waals surface area contributed by atoms with E-state index in [1.807, 2.05) is 135 Å². The van der Waals surface area contributed by atoms with Gasteiger partial charge in [0.05, 0.1) is 26.1 Å². The first-order valence-electron chi connectivity index (χ1n) is 30.2. The van der Waals surface area contributed by atoms with Crippen molar-refractivity contribution in [2.45, 2.75) is 41.3 Å². The highest BCUT2D eigenvalue weighted by atomic mass is 80.0. The highest BCUT2D eigenvalue weighted by Gasteiger charge is 2.34. The van der Waals surface area contributed by atoms with Crippen LogP contribution in [0.1, 0.15) is 57.2 Å². The van der Waals surface area contributed by atoms with E-state index in [0.717, 1.165) is 50.4 Å². The molecule has 0 aliphatic rings. The normalized spacial score (nSPS) is 11.3. The zero-order valence-corrected chi connectivity index (χ0v) is 72.7. The highest BCUT2D eigenvalue weighted by Crippen LogP contribution is 2.45. The molecule has 7 aromatic heterocycles. The molecule has 0 unspecified atom stereocenters. The molecule has 42 heteroatoms. The van der Waals surface area contributed by atoms with Crippen molar-refractivity contribution >= 4 is 232 Å². The number of aryl methyl sites for hydroxylation is 2. The maximum atomic E-state index is 6.83. The Balaban J connectivity index is 0.000000162. The van der Waals surface area contributed by atoms with Crippen LogP contribution in [0.5, 0.6) is 11.5 Å². The maximum absolute atomic E-state index is 6.83. The van der Waals surface area contributed by atoms with E-state index in [2.05, 4.69) is 140 Å². The van der Waals surface area contributed by atoms with Gasteiger partial charge in [-0.05, 0) is 159 Å². The van der Waals surface area contributed by atoms with Gasteiger partial charge in [0, 0.05) is 38.9 Å². The van der Waals surface area contributed by atoms with Crippen molar-refractivity contribution in [3.05, 3.63) is 246 Å². The molecule has 572 valence electrons. The lowest BCUT2D eigenvalue weighted by atomic mass is 10.1. The van der Waals surface area contributed by atoms with Crippen LogP contribution in [0.3, 0.4) is 0 Å². The van der Waals surface area contributed by atoms with E-state index in [-0.39, 0.29) is 41.2 Å². The summed E-state index contributed by atoms with van der Waals surface area (Å²) in [6.45, 7) is 10.8. The number of ether oxygens (including phenoxy) is 2. The van der Waals surface area contributed by atoms with Gasteiger partial charge in [-0.1, -0.05) is 274 Å². The zero-order valence-electron chi connectivity index (χ0n) is 55.8. The average Bonchev–Trinajstić information content (AvgIpc) is 1.72. The summed E-state index contributed by atoms with van der Waals surface area (Å²) < 4.78 is 39.7. The maximum Gasteiger partial charge on any atom is 0.268 e. The lowest BCUT2D eigenvalue weighted by Crippen LogP contribution is -1.99. The van der Waals surface area contributed by atoms with Crippen molar-refractivity contribution in [3.8, 4) is 91.7 Å². The zero-order chi connectivity index (χ0) is 80.0. The third-order valence-electron chi connectivity index (χ3n) is 13.1. The molecule has 0 amide bonds. The third-order valence-corrected chi connectivity index (χ3v) is 16.9. The van der Waals surface area contributed by atoms with Gasteiger partial charge in [-0.15, -0.1) is 71.4 Å². The topological polar surface area (TPSA) is 295 Å². The molecular formula is C68H45Br4Cl14N15O9. The minimum absolute atomic E-state index is 0.0333. The molecule has 0 aliphatic carbocycles. The van der Waals surface area contributed by atoms with Gasteiger partial charge in [0.1, 0.15) is 11.5 Å². The fourth-order valence-corrected chi connectivity index (χ4v) is 9.72. The van der Waals surface area contributed by atoms with Crippen LogP contribution in [-0.4, -0.2) is 85.6 Å². The van der Waals surface area contributed by atoms with Gasteiger partial charge in [0.25, 0.3) is 44.6 Å². The number of nitrogens with zero attached hydrogens (tertiary/aromatic N) is 15. The summed E-state index contributed by atoms with van der Waals surface area (Å²) >= 11 is 91.7. The van der Waals surface area contributed by atoms with Gasteiger partial charge in [-0.25, -0.2) is 4.85 Å². The van der Waals surface area contributed by atoms with Crippen molar-refractivity contribution in [3.63, 3.8) is 0 Å². The molecule has 24 nitrogen and oxygen atoms in total. The number of rotatable bonds is 11. The van der Waals surface area contributed by atoms with Crippen LogP contribution in [0.2, 0.25) is 0 Å². The summed E-state index contributed by atoms with van der Waals surface area (Å²) in [5.41, 5.74) is 8.40. The molecule has 0 radical (unpaired) electrons. The molecule has 0 atom stereocenters. The summed E-state index contributed by atoms with van der Waals surface area (Å²) in [6.07, 6.45) is 0. The molecule has 0 fully saturated rings. The molecule has 0 spiro atoms. The third kappa shape index (κ3) is 27.7. The number of aromatic nitrogens is 14. The van der Waals surface area contributed by atoms with Gasteiger partial charge in [-0.3, -0.25) is 0 Å². The summed E-state index contributed by atoms with van der Waals surface area (Å²) in [5, 5.41) is 53.6. The highest BCUT2D eigenvalue weighted by molar-refractivity contribution is 9.38. The Morgan fingerprint density at radius 3 is 0.973 bits per heavy atom. The molecule has 14 rings (SSSR count). The summed E-state index contributed by atoms with van der Waals surface area (Å²) in [6, 6.07) is 55.4. The fraction of sp³-hybridized carbons (Fsp3) is 0.162. The predicted octanol–water partition coefficient (Wildman–Crippen LogP) is 25.3. The van der Waals surface area contributed by atoms with Crippen molar-refractivity contribution in [2.75, 3.05) is 14.2 Å². The molecule has 0 saturated heterocycles. The second-order valence-corrected chi connectivity index (χ2v) is 38.6. The van der Waals surface area contributed by atoms with Crippen LogP contribution in [-0.2, 0) is 22.6 Å². The van der Waals surface area contributed by atoms with Gasteiger partial charge in [-0.2, -0.15) is 0 Å². The van der Waals surface area contributed by atoms with Gasteiger partial charge in [0.2, 0.25) is 55.2 Å². The molecular weight excluding hydrogens is 1990 g/mol. The quantitative estimate of drug-likeness (QED) is 0.0858. The second-order valence-electron chi connectivity index (χ2n) is 21.0. The first-order chi connectivity index (χ1) is 52.1. The van der Waals surface area contributed by atoms with Gasteiger partial charge in [0.15, 0.2) is 10.5 Å². The van der Waals surface area contributed by atoms with E-state index in [1.165, 1.54) is 5.56 Å². The van der Waals surface area contributed by atoms with Gasteiger partial charge < -0.3 is 40.4 Å². The molecule has 7 heterocycles. The number of methoxy groups -OCH3 is 2. The van der Waals surface area contributed by atoms with Crippen LogP contribution in [0, 0.1) is 20.4 Å². The van der Waals surface area contributed by atoms with Crippen molar-refractivity contribution < 1.29 is 40.4 Å². The summed E-state index contributed by atoms with van der Waals surface area (Å²) in [4.78, 5) is 2.46. The smallest absolute Gasteiger partial charge is 0.268 e. The molecule has 0 saturated carbocycles. The number of alkyl halides is 18. The molecule has 0 N–H and O–H groups in total. The van der Waals surface area contributed by atoms with E-state index >= 15 is 0 Å². The van der Waals surface area contributed by atoms with Crippen molar-refractivity contribution in [1.29, 1.82) is 0 Å². The van der Waals surface area contributed by atoms with E-state index < -0.39 is 22.1 Å². The fourth-order valence-electron chi connectivity index (χ4n) is 7.92. The van der Waals surface area contributed by atoms with Crippen LogP contribution < -0.4 is 9.47 Å². The summed E-state index contributed by atoms with van der Waals surface area (Å²) in [7, 11) is 3.19. The Bertz CT molecular complexity index is 5190. The van der Waals surface area contributed by atoms with Crippen molar-refractivity contribution in [2.24, 2.45) is 0 Å². The monoisotopic (exact) mass is 2020 g/mol. The first-order valence-corrected chi connectivity index (χ1v) is 39.1. The Kier molecular flexibility index (Phi) is 33.7. The van der Waals surface area contributed by atoms with Gasteiger partial charge >= 0.3 is 0 Å². The van der Waals surface area contributed by atoms with Crippen LogP contribution >= 0.6 is 226 Å². The predicted molar refractivity (Wildman–Crippen MR) is 439 cm³/mol. The number of benzene rings is 7. The lowest BCUT2D eigenvalue weighted by Gasteiger charge is -2.03. The van der Waals surface area contributed by atoms with E-state index in [0.29, 0.717) is 57.8 Å². The molecule has 7 aromatic carbocycles. The van der Waals surface area contributed by atoms with E-state index in [9.17, 15) is 0 Å². The minimum Gasteiger partial charge on any atom is -0.497 e. The number of hydrogen-bond donors (Lipinski definition) is 0. The molecule has 110 heavy (non-hydrogen) atoms. The van der Waals surface area contributed by atoms with Crippen LogP contribution in [0.4, 0.5) is 5.69 Å². The minimum atomic E-state index is -1.73. The molecule has 14 aromatic rings. The Hall–Kier alpha value is -6.41. The standard InChI is InChI=1S/C10H7Br3N2O.C10H4Cl3N3O.C10H7Cl3N2O2.C10H7Cl3N2O.C10H8Cl2N2O2.C9H7BrN2O.C9H5Cl3N2O/c1-6-2-4-7(5-3-6)8-14-15-9(16-8)10(11,12)13;1-14-7-4-2-6(3-5-7)8-15-16-9(17-8)10(11,12)13;1-16-7-4-2-6(3-5-7)8-14-15-9(17-8)10(11,12)13;1-6-3-2-4-7(5-6)8-14-15-9(16-8)10(11,12)13;1-15-7-4-2-6(3-5-7)9-13-14-10(16-9)8(11)12;10-6-8-11-12-9(13-8)7-4-2-1-3-5-7;10-9(11,12)8-14-13-7(15-8)6-4-2-1-3-5-6/h2-5H,1H3;2-5H;2-5H,1H3;2-5H,1H3;2-5,8H,1H3;1-5H,6H2;1-5H. The number of hydrogen-bond acceptors (Lipinski definition) is 23. The molecule has 0 aliphatic heterocycles. The SMILES string of the molecule is BrCc1nnc(-c2ccccc2)o1.COc1ccc(-c2nnc(C(Cl)(Cl)Cl)o2)cc1.COc1ccc(-c2nnc(C(Cl)Cl)o2)cc1.Cc1ccc(-c2nnc(C(Br)(Br)Br)o2)cc1.Cc1cccc(-c2nnc(C(Cl)(Cl)Cl)o2)c1.ClC(Cl)(Cl)c1nnc(-c2ccccc2)o1.[C-]#[N+]c1ccc(-c2nnc(C(Cl)(Cl)Cl)o2)cc1. The van der Waals surface area contributed by atoms with E-state index in [4.69, 9.17) is 209 Å². The van der Waals surface area contributed by atoms with Crippen molar-refractivity contribution in [1.82, 2.24) is 71.4 Å². The second kappa shape index (κ2) is 41.6. The Morgan fingerprint density at radius 1 is 0.355 bits per heavy atom. The number of halogens is 18. The lowest BCUT2D eigenvalue weighted by molar-refractivity contribution is 0.414. The Morgan fingerprint density at radius 2 is 0.664 bits per heavy atom. The molecule has 0 bridgehead atoms.